The second-order valence-electron chi connectivity index (χ2n) is 5.66. The topological polar surface area (TPSA) is 65.7 Å². The third-order valence-electron chi connectivity index (χ3n) is 3.46. The molecule has 0 radical (unpaired) electrons. The summed E-state index contributed by atoms with van der Waals surface area (Å²) in [6, 6.07) is 7.75. The largest absolute Gasteiger partial charge is 0.475 e. The summed E-state index contributed by atoms with van der Waals surface area (Å²) in [4.78, 5) is 13.1. The number of nitrogens with one attached hydrogen (secondary N) is 1. The minimum atomic E-state index is -1.04. The van der Waals surface area contributed by atoms with Crippen molar-refractivity contribution in [3.63, 3.8) is 0 Å². The summed E-state index contributed by atoms with van der Waals surface area (Å²) in [6.45, 7) is 3.98. The number of carboxylic acids is 1. The molecule has 0 spiro atoms. The van der Waals surface area contributed by atoms with Gasteiger partial charge in [-0.1, -0.05) is 6.07 Å². The maximum absolute atomic E-state index is 10.9. The highest BCUT2D eigenvalue weighted by Gasteiger charge is 2.10. The molecule has 0 aliphatic rings. The van der Waals surface area contributed by atoms with Gasteiger partial charge in [0.25, 0.3) is 0 Å². The molecule has 114 valence electrons. The lowest BCUT2D eigenvalue weighted by molar-refractivity contribution is 0.0665. The van der Waals surface area contributed by atoms with E-state index in [2.05, 4.69) is 31.2 Å². The summed E-state index contributed by atoms with van der Waals surface area (Å²) < 4.78 is 5.25. The van der Waals surface area contributed by atoms with E-state index in [-0.39, 0.29) is 5.76 Å². The number of benzene rings is 1. The molecule has 21 heavy (non-hydrogen) atoms. The van der Waals surface area contributed by atoms with Gasteiger partial charge in [0.15, 0.2) is 0 Å². The second kappa shape index (κ2) is 6.74. The van der Waals surface area contributed by atoms with Gasteiger partial charge in [0, 0.05) is 18.0 Å². The highest BCUT2D eigenvalue weighted by Crippen LogP contribution is 2.21. The fourth-order valence-corrected chi connectivity index (χ4v) is 2.15. The van der Waals surface area contributed by atoms with Crippen molar-refractivity contribution in [2.75, 3.05) is 20.6 Å². The molecule has 0 aliphatic heterocycles. The van der Waals surface area contributed by atoms with Gasteiger partial charge in [0.05, 0.1) is 0 Å². The van der Waals surface area contributed by atoms with Crippen LogP contribution in [-0.2, 0) is 6.54 Å². The van der Waals surface area contributed by atoms with E-state index in [1.165, 1.54) is 0 Å². The van der Waals surface area contributed by atoms with Crippen LogP contribution in [0.1, 0.15) is 29.5 Å². The molecule has 1 aromatic heterocycles. The first kappa shape index (κ1) is 15.5. The van der Waals surface area contributed by atoms with Crippen molar-refractivity contribution in [3.8, 4) is 0 Å². The van der Waals surface area contributed by atoms with Crippen LogP contribution in [0.2, 0.25) is 0 Å². The number of nitrogens with zero attached hydrogens (tertiary/aromatic N) is 1. The molecule has 0 amide bonds. The highest BCUT2D eigenvalue weighted by atomic mass is 16.4. The predicted octanol–water partition coefficient (Wildman–Crippen LogP) is 2.56. The Labute approximate surface area is 124 Å². The molecule has 0 fully saturated rings. The molecule has 0 aliphatic carbocycles. The standard InChI is InChI=1S/C16H22N2O3/c1-11(6-7-18(2)3)17-10-12-4-5-14-13(8-12)9-15(21-14)16(19)20/h4-5,8-9,11,17H,6-7,10H2,1-3H3,(H,19,20). The lowest BCUT2D eigenvalue weighted by Crippen LogP contribution is -2.29. The summed E-state index contributed by atoms with van der Waals surface area (Å²) in [6.07, 6.45) is 1.09. The number of carboxylic acid groups (broad SMARTS) is 1. The van der Waals surface area contributed by atoms with E-state index in [1.54, 1.807) is 6.07 Å². The summed E-state index contributed by atoms with van der Waals surface area (Å²) in [5.74, 6) is -1.06. The van der Waals surface area contributed by atoms with E-state index in [0.29, 0.717) is 11.6 Å². The first-order valence-electron chi connectivity index (χ1n) is 7.09. The minimum Gasteiger partial charge on any atom is -0.475 e. The van der Waals surface area contributed by atoms with Crippen LogP contribution in [0.3, 0.4) is 0 Å². The zero-order chi connectivity index (χ0) is 15.4. The average molecular weight is 290 g/mol. The maximum atomic E-state index is 10.9. The smallest absolute Gasteiger partial charge is 0.371 e. The number of aromatic carboxylic acids is 1. The monoisotopic (exact) mass is 290 g/mol. The quantitative estimate of drug-likeness (QED) is 0.820. The molecule has 1 atom stereocenters. The van der Waals surface area contributed by atoms with E-state index >= 15 is 0 Å². The first-order valence-corrected chi connectivity index (χ1v) is 7.09. The van der Waals surface area contributed by atoms with Crippen molar-refractivity contribution >= 4 is 16.9 Å². The van der Waals surface area contributed by atoms with E-state index in [9.17, 15) is 4.79 Å². The molecule has 1 unspecified atom stereocenters. The third-order valence-corrected chi connectivity index (χ3v) is 3.46. The first-order chi connectivity index (χ1) is 9.95. The summed E-state index contributed by atoms with van der Waals surface area (Å²) in [5, 5.41) is 13.2. The molecule has 5 nitrogen and oxygen atoms in total. The number of fused-ring (bicyclic) bond motifs is 1. The average Bonchev–Trinajstić information content (AvgIpc) is 2.86. The maximum Gasteiger partial charge on any atom is 0.371 e. The Morgan fingerprint density at radius 2 is 2.14 bits per heavy atom. The number of carbonyl (C=O) groups is 1. The van der Waals surface area contributed by atoms with Crippen LogP contribution in [0.4, 0.5) is 0 Å². The van der Waals surface area contributed by atoms with Gasteiger partial charge < -0.3 is 19.7 Å². The summed E-state index contributed by atoms with van der Waals surface area (Å²) in [5.41, 5.74) is 1.73. The summed E-state index contributed by atoms with van der Waals surface area (Å²) in [7, 11) is 4.14. The van der Waals surface area contributed by atoms with Crippen LogP contribution >= 0.6 is 0 Å². The number of furan rings is 1. The molecule has 5 heteroatoms. The summed E-state index contributed by atoms with van der Waals surface area (Å²) >= 11 is 0. The molecule has 1 heterocycles. The fourth-order valence-electron chi connectivity index (χ4n) is 2.15. The fraction of sp³-hybridized carbons (Fsp3) is 0.438. The van der Waals surface area contributed by atoms with Gasteiger partial charge in [-0.3, -0.25) is 0 Å². The molecule has 1 aromatic carbocycles. The van der Waals surface area contributed by atoms with Gasteiger partial charge in [-0.25, -0.2) is 4.79 Å². The Morgan fingerprint density at radius 3 is 2.81 bits per heavy atom. The normalized spacial score (nSPS) is 13.0. The molecule has 0 bridgehead atoms. The van der Waals surface area contributed by atoms with Gasteiger partial charge in [-0.15, -0.1) is 0 Å². The predicted molar refractivity (Wildman–Crippen MR) is 82.6 cm³/mol. The Kier molecular flexibility index (Phi) is 4.98. The van der Waals surface area contributed by atoms with Gasteiger partial charge in [0.2, 0.25) is 5.76 Å². The van der Waals surface area contributed by atoms with Crippen molar-refractivity contribution in [1.29, 1.82) is 0 Å². The Bertz CT molecular complexity index is 619. The Balaban J connectivity index is 1.97. The van der Waals surface area contributed by atoms with Crippen molar-refractivity contribution in [1.82, 2.24) is 10.2 Å². The molecule has 0 saturated heterocycles. The zero-order valence-corrected chi connectivity index (χ0v) is 12.7. The van der Waals surface area contributed by atoms with Gasteiger partial charge in [0.1, 0.15) is 5.58 Å². The number of rotatable bonds is 7. The molecule has 2 aromatic rings. The molecular weight excluding hydrogens is 268 g/mol. The Hall–Kier alpha value is -1.85. The Morgan fingerprint density at radius 1 is 1.38 bits per heavy atom. The molecular formula is C16H22N2O3. The van der Waals surface area contributed by atoms with E-state index < -0.39 is 5.97 Å². The number of hydrogen-bond donors (Lipinski definition) is 2. The number of hydrogen-bond acceptors (Lipinski definition) is 4. The minimum absolute atomic E-state index is 0.0190. The van der Waals surface area contributed by atoms with Gasteiger partial charge >= 0.3 is 5.97 Å². The van der Waals surface area contributed by atoms with Crippen LogP contribution in [0.15, 0.2) is 28.7 Å². The molecule has 0 saturated carbocycles. The lowest BCUT2D eigenvalue weighted by Gasteiger charge is -2.16. The van der Waals surface area contributed by atoms with Crippen molar-refractivity contribution in [2.45, 2.75) is 25.9 Å². The van der Waals surface area contributed by atoms with Crippen molar-refractivity contribution < 1.29 is 14.3 Å². The third kappa shape index (κ3) is 4.31. The molecule has 2 N–H and O–H groups in total. The van der Waals surface area contributed by atoms with E-state index in [4.69, 9.17) is 9.52 Å². The van der Waals surface area contributed by atoms with Crippen LogP contribution < -0.4 is 5.32 Å². The molecule has 2 rings (SSSR count). The van der Waals surface area contributed by atoms with E-state index in [1.807, 2.05) is 18.2 Å². The SMILES string of the molecule is CC(CCN(C)C)NCc1ccc2oc(C(=O)O)cc2c1. The van der Waals surface area contributed by atoms with Crippen molar-refractivity contribution in [3.05, 3.63) is 35.6 Å². The van der Waals surface area contributed by atoms with Crippen LogP contribution in [0, 0.1) is 0 Å². The van der Waals surface area contributed by atoms with Crippen LogP contribution in [0.25, 0.3) is 11.0 Å². The van der Waals surface area contributed by atoms with Crippen LogP contribution in [-0.4, -0.2) is 42.7 Å². The zero-order valence-electron chi connectivity index (χ0n) is 12.7. The van der Waals surface area contributed by atoms with Crippen LogP contribution in [0.5, 0.6) is 0 Å². The van der Waals surface area contributed by atoms with Crippen molar-refractivity contribution in [2.24, 2.45) is 0 Å². The highest BCUT2D eigenvalue weighted by molar-refractivity contribution is 5.91. The van der Waals surface area contributed by atoms with Gasteiger partial charge in [-0.2, -0.15) is 0 Å². The second-order valence-corrected chi connectivity index (χ2v) is 5.66. The lowest BCUT2D eigenvalue weighted by atomic mass is 10.1. The van der Waals surface area contributed by atoms with E-state index in [0.717, 1.165) is 30.5 Å². The van der Waals surface area contributed by atoms with Gasteiger partial charge in [-0.05, 0) is 57.7 Å².